The Balaban J connectivity index is 0.00000225. The zero-order chi connectivity index (χ0) is 17.7. The molecule has 1 aromatic carbocycles. The Labute approximate surface area is 167 Å². The van der Waals surface area contributed by atoms with Crippen LogP contribution in [-0.2, 0) is 10.8 Å². The molecule has 1 aliphatic heterocycles. The molecule has 4 heteroatoms. The number of hydrogen-bond donors (Lipinski definition) is 0. The van der Waals surface area contributed by atoms with Crippen molar-refractivity contribution in [3.8, 4) is 0 Å². The molecule has 0 radical (unpaired) electrons. The quantitative estimate of drug-likeness (QED) is 0.551. The second-order valence-corrected chi connectivity index (χ2v) is 9.72. The van der Waals surface area contributed by atoms with E-state index in [1.54, 1.807) is 0 Å². The summed E-state index contributed by atoms with van der Waals surface area (Å²) < 4.78 is 0. The predicted molar refractivity (Wildman–Crippen MR) is 114 cm³/mol. The minimum atomic E-state index is 0. The average molecular weight is 424 g/mol. The van der Waals surface area contributed by atoms with Crippen LogP contribution in [0, 0.1) is 0 Å². The van der Waals surface area contributed by atoms with Crippen molar-refractivity contribution in [2.24, 2.45) is 0 Å². The molecule has 0 aromatic heterocycles. The van der Waals surface area contributed by atoms with Gasteiger partial charge in [0.15, 0.2) is 5.78 Å². The number of halogens is 1. The average Bonchev–Trinajstić information content (AvgIpc) is 2.83. The van der Waals surface area contributed by atoms with Gasteiger partial charge in [0.05, 0.1) is 12.4 Å². The topological polar surface area (TPSA) is 20.3 Å². The minimum absolute atomic E-state index is 0. The number of Topliss-reactive ketones (excluding diaryl/α,β-unsaturated/α-hetero) is 1. The SMILES string of the molecule is Br.CC1=C(C)N(CC(=O)c2ccc3c(c2)C(C)(C)CCC3(C)C)CS1. The third-order valence-corrected chi connectivity index (χ3v) is 7.10. The van der Waals surface area contributed by atoms with E-state index in [1.807, 2.05) is 17.8 Å². The lowest BCUT2D eigenvalue weighted by Gasteiger charge is -2.42. The van der Waals surface area contributed by atoms with Crippen molar-refractivity contribution in [3.05, 3.63) is 45.5 Å². The molecule has 0 spiro atoms. The Hall–Kier alpha value is -0.740. The van der Waals surface area contributed by atoms with Gasteiger partial charge >= 0.3 is 0 Å². The standard InChI is InChI=1S/C21H29NOS.BrH/c1-14-15(2)24-13-22(14)12-19(23)16-7-8-17-18(11-16)21(5,6)10-9-20(17,3)4;/h7-8,11H,9-10,12-13H2,1-6H3;1H. The van der Waals surface area contributed by atoms with Crippen molar-refractivity contribution in [1.29, 1.82) is 0 Å². The van der Waals surface area contributed by atoms with Crippen LogP contribution in [0.25, 0.3) is 0 Å². The van der Waals surface area contributed by atoms with Crippen molar-refractivity contribution < 1.29 is 4.79 Å². The van der Waals surface area contributed by atoms with Gasteiger partial charge in [0.1, 0.15) is 0 Å². The van der Waals surface area contributed by atoms with Gasteiger partial charge in [0, 0.05) is 16.2 Å². The van der Waals surface area contributed by atoms with E-state index < -0.39 is 0 Å². The summed E-state index contributed by atoms with van der Waals surface area (Å²) in [6, 6.07) is 6.42. The van der Waals surface area contributed by atoms with Crippen LogP contribution < -0.4 is 0 Å². The number of rotatable bonds is 3. The maximum atomic E-state index is 12.8. The van der Waals surface area contributed by atoms with Gasteiger partial charge in [0.2, 0.25) is 0 Å². The first-order valence-electron chi connectivity index (χ1n) is 8.85. The molecule has 1 heterocycles. The third-order valence-electron chi connectivity index (χ3n) is 5.93. The van der Waals surface area contributed by atoms with Gasteiger partial charge in [0.25, 0.3) is 0 Å². The molecule has 0 unspecified atom stereocenters. The summed E-state index contributed by atoms with van der Waals surface area (Å²) in [6.45, 7) is 14.0. The molecule has 0 fully saturated rings. The predicted octanol–water partition coefficient (Wildman–Crippen LogP) is 6.05. The fourth-order valence-electron chi connectivity index (χ4n) is 3.79. The van der Waals surface area contributed by atoms with Gasteiger partial charge in [-0.15, -0.1) is 28.7 Å². The van der Waals surface area contributed by atoms with Crippen LogP contribution in [0.4, 0.5) is 0 Å². The van der Waals surface area contributed by atoms with Gasteiger partial charge < -0.3 is 4.90 Å². The number of carbonyl (C=O) groups is 1. The van der Waals surface area contributed by atoms with Crippen LogP contribution in [-0.4, -0.2) is 23.1 Å². The van der Waals surface area contributed by atoms with Gasteiger partial charge in [-0.2, -0.15) is 0 Å². The molecule has 1 aromatic rings. The lowest BCUT2D eigenvalue weighted by molar-refractivity contribution is 0.0958. The molecule has 0 atom stereocenters. The van der Waals surface area contributed by atoms with Gasteiger partial charge in [-0.25, -0.2) is 0 Å². The summed E-state index contributed by atoms with van der Waals surface area (Å²) in [6.07, 6.45) is 2.38. The van der Waals surface area contributed by atoms with Crippen LogP contribution in [0.3, 0.4) is 0 Å². The van der Waals surface area contributed by atoms with Crippen LogP contribution in [0.5, 0.6) is 0 Å². The van der Waals surface area contributed by atoms with E-state index in [2.05, 4.69) is 58.6 Å². The normalized spacial score (nSPS) is 21.0. The summed E-state index contributed by atoms with van der Waals surface area (Å²) in [4.78, 5) is 16.4. The molecule has 25 heavy (non-hydrogen) atoms. The third kappa shape index (κ3) is 3.85. The smallest absolute Gasteiger partial charge is 0.182 e. The van der Waals surface area contributed by atoms with E-state index in [9.17, 15) is 4.79 Å². The van der Waals surface area contributed by atoms with Crippen LogP contribution in [0.1, 0.15) is 75.9 Å². The minimum Gasteiger partial charge on any atom is -0.357 e. The number of benzene rings is 1. The van der Waals surface area contributed by atoms with Crippen molar-refractivity contribution in [2.45, 2.75) is 65.2 Å². The summed E-state index contributed by atoms with van der Waals surface area (Å²) >= 11 is 1.83. The van der Waals surface area contributed by atoms with E-state index in [-0.39, 0.29) is 33.6 Å². The fraction of sp³-hybridized carbons (Fsp3) is 0.571. The molecule has 138 valence electrons. The van der Waals surface area contributed by atoms with Gasteiger partial charge in [-0.3, -0.25) is 4.79 Å². The maximum Gasteiger partial charge on any atom is 0.182 e. The van der Waals surface area contributed by atoms with Crippen LogP contribution in [0.15, 0.2) is 28.8 Å². The highest BCUT2D eigenvalue weighted by Gasteiger charge is 2.37. The second kappa shape index (κ2) is 7.11. The van der Waals surface area contributed by atoms with Crippen LogP contribution in [0.2, 0.25) is 0 Å². The Kier molecular flexibility index (Phi) is 5.85. The monoisotopic (exact) mass is 423 g/mol. The van der Waals surface area contributed by atoms with Crippen LogP contribution >= 0.6 is 28.7 Å². The maximum absolute atomic E-state index is 12.8. The van der Waals surface area contributed by atoms with E-state index in [0.717, 1.165) is 11.4 Å². The molecule has 0 saturated heterocycles. The number of thioether (sulfide) groups is 1. The first-order chi connectivity index (χ1) is 11.1. The van der Waals surface area contributed by atoms with E-state index >= 15 is 0 Å². The Morgan fingerprint density at radius 3 is 2.24 bits per heavy atom. The van der Waals surface area contributed by atoms with E-state index in [0.29, 0.717) is 6.54 Å². The number of ketones is 1. The van der Waals surface area contributed by atoms with Crippen molar-refractivity contribution >= 4 is 34.5 Å². The first kappa shape index (κ1) is 20.6. The first-order valence-corrected chi connectivity index (χ1v) is 9.84. The van der Waals surface area contributed by atoms with Crippen molar-refractivity contribution in [2.75, 3.05) is 12.4 Å². The summed E-state index contributed by atoms with van der Waals surface area (Å²) in [5, 5.41) is 0. The zero-order valence-corrected chi connectivity index (χ0v) is 18.8. The largest absolute Gasteiger partial charge is 0.357 e. The number of fused-ring (bicyclic) bond motifs is 1. The lowest BCUT2D eigenvalue weighted by atomic mass is 9.63. The number of allylic oxidation sites excluding steroid dienone is 2. The number of carbonyl (C=O) groups excluding carboxylic acids is 1. The zero-order valence-electron chi connectivity index (χ0n) is 16.2. The van der Waals surface area contributed by atoms with Gasteiger partial charge in [-0.1, -0.05) is 39.8 Å². The fourth-order valence-corrected chi connectivity index (χ4v) is 4.76. The molecule has 0 saturated carbocycles. The summed E-state index contributed by atoms with van der Waals surface area (Å²) in [7, 11) is 0. The Bertz CT molecular complexity index is 721. The highest BCUT2D eigenvalue weighted by atomic mass is 79.9. The number of hydrogen-bond acceptors (Lipinski definition) is 3. The highest BCUT2D eigenvalue weighted by Crippen LogP contribution is 2.46. The second-order valence-electron chi connectivity index (χ2n) is 8.56. The van der Waals surface area contributed by atoms with Gasteiger partial charge in [-0.05, 0) is 54.7 Å². The Morgan fingerprint density at radius 2 is 1.68 bits per heavy atom. The molecule has 2 aliphatic rings. The lowest BCUT2D eigenvalue weighted by Crippen LogP contribution is -2.34. The molecule has 0 amide bonds. The highest BCUT2D eigenvalue weighted by molar-refractivity contribution is 8.93. The molecule has 0 bridgehead atoms. The van der Waals surface area contributed by atoms with Crippen molar-refractivity contribution in [1.82, 2.24) is 4.90 Å². The molecule has 2 nitrogen and oxygen atoms in total. The molecule has 1 aliphatic carbocycles. The molecule has 3 rings (SSSR count). The molecule has 0 N–H and O–H groups in total. The summed E-state index contributed by atoms with van der Waals surface area (Å²) in [5.41, 5.74) is 5.24. The number of nitrogens with zero attached hydrogens (tertiary/aromatic N) is 1. The Morgan fingerprint density at radius 1 is 1.08 bits per heavy atom. The molecular formula is C21H30BrNOS. The molecular weight excluding hydrogens is 394 g/mol. The van der Waals surface area contributed by atoms with E-state index in [1.165, 1.54) is 34.6 Å². The van der Waals surface area contributed by atoms with Crippen molar-refractivity contribution in [3.63, 3.8) is 0 Å². The summed E-state index contributed by atoms with van der Waals surface area (Å²) in [5.74, 6) is 1.12. The van der Waals surface area contributed by atoms with E-state index in [4.69, 9.17) is 0 Å².